The minimum atomic E-state index is -0.215. The number of nitrogens with one attached hydrogen (secondary N) is 2. The SMILES string of the molecule is O=Cc1ccc(-c2ccc3c(c2)NC(=O)NC3)o1. The van der Waals surface area contributed by atoms with Crippen LogP contribution in [0.4, 0.5) is 10.5 Å². The summed E-state index contributed by atoms with van der Waals surface area (Å²) in [6.45, 7) is 0.513. The van der Waals surface area contributed by atoms with E-state index in [4.69, 9.17) is 4.42 Å². The van der Waals surface area contributed by atoms with Crippen LogP contribution >= 0.6 is 0 Å². The number of urea groups is 1. The van der Waals surface area contributed by atoms with Crippen LogP contribution in [-0.4, -0.2) is 12.3 Å². The van der Waals surface area contributed by atoms with Gasteiger partial charge in [-0.1, -0.05) is 12.1 Å². The molecule has 0 atom stereocenters. The van der Waals surface area contributed by atoms with Crippen molar-refractivity contribution < 1.29 is 14.0 Å². The van der Waals surface area contributed by atoms with Gasteiger partial charge in [0.2, 0.25) is 0 Å². The Morgan fingerprint density at radius 1 is 1.22 bits per heavy atom. The molecule has 0 fully saturated rings. The number of fused-ring (bicyclic) bond motifs is 1. The maximum atomic E-state index is 11.2. The van der Waals surface area contributed by atoms with E-state index in [1.54, 1.807) is 12.1 Å². The summed E-state index contributed by atoms with van der Waals surface area (Å²) < 4.78 is 5.34. The summed E-state index contributed by atoms with van der Waals surface area (Å²) >= 11 is 0. The van der Waals surface area contributed by atoms with Crippen LogP contribution in [0.25, 0.3) is 11.3 Å². The van der Waals surface area contributed by atoms with E-state index >= 15 is 0 Å². The molecule has 5 heteroatoms. The molecule has 2 N–H and O–H groups in total. The molecule has 0 saturated heterocycles. The molecular formula is C13H10N2O3. The molecule has 0 aliphatic carbocycles. The van der Waals surface area contributed by atoms with Gasteiger partial charge in [-0.3, -0.25) is 4.79 Å². The van der Waals surface area contributed by atoms with Crippen LogP contribution < -0.4 is 10.6 Å². The van der Waals surface area contributed by atoms with Crippen LogP contribution in [0.1, 0.15) is 16.1 Å². The molecule has 1 aliphatic heterocycles. The third-order valence-electron chi connectivity index (χ3n) is 2.82. The molecule has 3 rings (SSSR count). The molecule has 2 heterocycles. The lowest BCUT2D eigenvalue weighted by atomic mass is 10.1. The van der Waals surface area contributed by atoms with E-state index < -0.39 is 0 Å². The Balaban J connectivity index is 2.01. The summed E-state index contributed by atoms with van der Waals surface area (Å²) in [5.41, 5.74) is 2.60. The fraction of sp³-hybridized carbons (Fsp3) is 0.0769. The first-order chi connectivity index (χ1) is 8.76. The van der Waals surface area contributed by atoms with E-state index in [0.29, 0.717) is 18.6 Å². The monoisotopic (exact) mass is 242 g/mol. The highest BCUT2D eigenvalue weighted by atomic mass is 16.3. The van der Waals surface area contributed by atoms with Crippen molar-refractivity contribution in [3.8, 4) is 11.3 Å². The highest BCUT2D eigenvalue weighted by Crippen LogP contribution is 2.28. The Bertz CT molecular complexity index is 631. The van der Waals surface area contributed by atoms with Gasteiger partial charge >= 0.3 is 6.03 Å². The summed E-state index contributed by atoms with van der Waals surface area (Å²) in [6, 6.07) is 8.77. The Hall–Kier alpha value is -2.56. The first kappa shape index (κ1) is 10.6. The van der Waals surface area contributed by atoms with Gasteiger partial charge in [-0.05, 0) is 23.8 Å². The molecule has 90 valence electrons. The topological polar surface area (TPSA) is 71.3 Å². The second-order valence-corrected chi connectivity index (χ2v) is 4.00. The number of carbonyl (C=O) groups is 2. The largest absolute Gasteiger partial charge is 0.453 e. The number of anilines is 1. The average Bonchev–Trinajstić information content (AvgIpc) is 2.86. The number of hydrogen-bond acceptors (Lipinski definition) is 3. The average molecular weight is 242 g/mol. The lowest BCUT2D eigenvalue weighted by Crippen LogP contribution is -2.33. The normalized spacial score (nSPS) is 13.4. The zero-order valence-corrected chi connectivity index (χ0v) is 9.40. The van der Waals surface area contributed by atoms with Crippen molar-refractivity contribution in [2.75, 3.05) is 5.32 Å². The fourth-order valence-corrected chi connectivity index (χ4v) is 1.91. The zero-order valence-electron chi connectivity index (χ0n) is 9.40. The Morgan fingerprint density at radius 2 is 2.11 bits per heavy atom. The number of furan rings is 1. The third-order valence-corrected chi connectivity index (χ3v) is 2.82. The number of benzene rings is 1. The lowest BCUT2D eigenvalue weighted by Gasteiger charge is -2.18. The minimum Gasteiger partial charge on any atom is -0.453 e. The zero-order chi connectivity index (χ0) is 12.5. The second kappa shape index (κ2) is 4.03. The molecule has 0 unspecified atom stereocenters. The molecule has 18 heavy (non-hydrogen) atoms. The van der Waals surface area contributed by atoms with E-state index in [0.717, 1.165) is 16.8 Å². The van der Waals surface area contributed by atoms with Crippen LogP contribution in [0.5, 0.6) is 0 Å². The fourth-order valence-electron chi connectivity index (χ4n) is 1.91. The van der Waals surface area contributed by atoms with Crippen LogP contribution in [-0.2, 0) is 6.54 Å². The number of amides is 2. The van der Waals surface area contributed by atoms with Crippen molar-refractivity contribution in [3.05, 3.63) is 41.7 Å². The summed E-state index contributed by atoms with van der Waals surface area (Å²) in [6.07, 6.45) is 0.660. The summed E-state index contributed by atoms with van der Waals surface area (Å²) in [5, 5.41) is 5.42. The van der Waals surface area contributed by atoms with Gasteiger partial charge in [-0.25, -0.2) is 4.79 Å². The molecule has 0 bridgehead atoms. The molecule has 0 radical (unpaired) electrons. The number of rotatable bonds is 2. The lowest BCUT2D eigenvalue weighted by molar-refractivity contribution is 0.110. The van der Waals surface area contributed by atoms with Crippen LogP contribution in [0.15, 0.2) is 34.7 Å². The first-order valence-corrected chi connectivity index (χ1v) is 5.49. The van der Waals surface area contributed by atoms with E-state index in [1.807, 2.05) is 18.2 Å². The number of aldehydes is 1. The Kier molecular flexibility index (Phi) is 2.37. The van der Waals surface area contributed by atoms with Crippen LogP contribution in [0.3, 0.4) is 0 Å². The van der Waals surface area contributed by atoms with Gasteiger partial charge in [0.25, 0.3) is 0 Å². The van der Waals surface area contributed by atoms with E-state index in [1.165, 1.54) is 0 Å². The summed E-state index contributed by atoms with van der Waals surface area (Å²) in [4.78, 5) is 21.8. The van der Waals surface area contributed by atoms with Crippen molar-refractivity contribution in [1.29, 1.82) is 0 Å². The van der Waals surface area contributed by atoms with Crippen molar-refractivity contribution in [3.63, 3.8) is 0 Å². The predicted molar refractivity (Wildman–Crippen MR) is 65.4 cm³/mol. The number of carbonyl (C=O) groups excluding carboxylic acids is 2. The van der Waals surface area contributed by atoms with Crippen molar-refractivity contribution in [1.82, 2.24) is 5.32 Å². The molecule has 5 nitrogen and oxygen atoms in total. The van der Waals surface area contributed by atoms with E-state index in [-0.39, 0.29) is 11.8 Å². The van der Waals surface area contributed by atoms with Gasteiger partial charge in [-0.15, -0.1) is 0 Å². The molecular weight excluding hydrogens is 232 g/mol. The predicted octanol–water partition coefficient (Wildman–Crippen LogP) is 2.39. The van der Waals surface area contributed by atoms with Gasteiger partial charge in [-0.2, -0.15) is 0 Å². The standard InChI is InChI=1S/C13H10N2O3/c16-7-10-3-4-12(18-10)8-1-2-9-6-14-13(17)15-11(9)5-8/h1-5,7H,6H2,(H2,14,15,17). The van der Waals surface area contributed by atoms with Crippen molar-refractivity contribution >= 4 is 18.0 Å². The summed E-state index contributed by atoms with van der Waals surface area (Å²) in [7, 11) is 0. The maximum absolute atomic E-state index is 11.2. The molecule has 1 aromatic heterocycles. The summed E-state index contributed by atoms with van der Waals surface area (Å²) in [5.74, 6) is 0.890. The van der Waals surface area contributed by atoms with Crippen LogP contribution in [0.2, 0.25) is 0 Å². The Labute approximate surface area is 103 Å². The Morgan fingerprint density at radius 3 is 2.89 bits per heavy atom. The quantitative estimate of drug-likeness (QED) is 0.794. The van der Waals surface area contributed by atoms with Gasteiger partial charge < -0.3 is 15.1 Å². The molecule has 0 saturated carbocycles. The molecule has 0 spiro atoms. The van der Waals surface area contributed by atoms with Gasteiger partial charge in [0.05, 0.1) is 0 Å². The van der Waals surface area contributed by atoms with E-state index in [2.05, 4.69) is 10.6 Å². The van der Waals surface area contributed by atoms with Gasteiger partial charge in [0.15, 0.2) is 12.0 Å². The highest BCUT2D eigenvalue weighted by molar-refractivity contribution is 5.93. The smallest absolute Gasteiger partial charge is 0.319 e. The molecule has 1 aromatic carbocycles. The molecule has 1 aliphatic rings. The minimum absolute atomic E-state index is 0.215. The number of hydrogen-bond donors (Lipinski definition) is 2. The highest BCUT2D eigenvalue weighted by Gasteiger charge is 2.15. The van der Waals surface area contributed by atoms with Gasteiger partial charge in [0.1, 0.15) is 5.76 Å². The van der Waals surface area contributed by atoms with Crippen molar-refractivity contribution in [2.24, 2.45) is 0 Å². The van der Waals surface area contributed by atoms with Crippen LogP contribution in [0, 0.1) is 0 Å². The van der Waals surface area contributed by atoms with Crippen molar-refractivity contribution in [2.45, 2.75) is 6.54 Å². The molecule has 2 amide bonds. The second-order valence-electron chi connectivity index (χ2n) is 4.00. The van der Waals surface area contributed by atoms with Gasteiger partial charge in [0, 0.05) is 17.8 Å². The first-order valence-electron chi connectivity index (χ1n) is 5.49. The molecule has 2 aromatic rings. The van der Waals surface area contributed by atoms with E-state index in [9.17, 15) is 9.59 Å². The maximum Gasteiger partial charge on any atom is 0.319 e. The third kappa shape index (κ3) is 1.75.